The van der Waals surface area contributed by atoms with E-state index >= 15 is 0 Å². The van der Waals surface area contributed by atoms with Crippen molar-refractivity contribution in [3.63, 3.8) is 0 Å². The molecule has 3 nitrogen and oxygen atoms in total. The van der Waals surface area contributed by atoms with Crippen LogP contribution >= 0.6 is 12.4 Å². The van der Waals surface area contributed by atoms with E-state index in [4.69, 9.17) is 5.11 Å². The highest BCUT2D eigenvalue weighted by molar-refractivity contribution is 5.85. The van der Waals surface area contributed by atoms with Crippen molar-refractivity contribution >= 4 is 18.4 Å². The third-order valence-corrected chi connectivity index (χ3v) is 2.18. The number of carboxylic acids is 1. The van der Waals surface area contributed by atoms with Crippen molar-refractivity contribution in [3.05, 3.63) is 35.9 Å². The SMILES string of the molecule is CN(C)C(CC(=O)O)c1ccccc1.Cl. The highest BCUT2D eigenvalue weighted by Crippen LogP contribution is 2.21. The summed E-state index contributed by atoms with van der Waals surface area (Å²) in [5.74, 6) is -0.771. The maximum atomic E-state index is 10.7. The van der Waals surface area contributed by atoms with Crippen LogP contribution in [0.1, 0.15) is 18.0 Å². The van der Waals surface area contributed by atoms with Crippen LogP contribution in [0.5, 0.6) is 0 Å². The third-order valence-electron chi connectivity index (χ3n) is 2.18. The summed E-state index contributed by atoms with van der Waals surface area (Å²) < 4.78 is 0. The Morgan fingerprint density at radius 2 is 1.87 bits per heavy atom. The Morgan fingerprint density at radius 3 is 2.27 bits per heavy atom. The van der Waals surface area contributed by atoms with Crippen molar-refractivity contribution in [3.8, 4) is 0 Å². The number of hydrogen-bond donors (Lipinski definition) is 1. The first-order chi connectivity index (χ1) is 6.61. The number of carbonyl (C=O) groups is 1. The standard InChI is InChI=1S/C11H15NO2.ClH/c1-12(2)10(8-11(13)14)9-6-4-3-5-7-9;/h3-7,10H,8H2,1-2H3,(H,13,14);1H. The molecule has 0 amide bonds. The number of rotatable bonds is 4. The lowest BCUT2D eigenvalue weighted by molar-refractivity contribution is -0.138. The van der Waals surface area contributed by atoms with E-state index in [1.54, 1.807) is 0 Å². The van der Waals surface area contributed by atoms with Crippen molar-refractivity contribution < 1.29 is 9.90 Å². The first kappa shape index (κ1) is 13.9. The van der Waals surface area contributed by atoms with Crippen molar-refractivity contribution in [2.45, 2.75) is 12.5 Å². The molecule has 1 aromatic carbocycles. The Hall–Kier alpha value is -1.06. The fourth-order valence-corrected chi connectivity index (χ4v) is 1.44. The van der Waals surface area contributed by atoms with Crippen LogP contribution < -0.4 is 0 Å². The zero-order valence-electron chi connectivity index (χ0n) is 8.88. The number of halogens is 1. The molecule has 0 aliphatic rings. The fourth-order valence-electron chi connectivity index (χ4n) is 1.44. The Bertz CT molecular complexity index is 301. The summed E-state index contributed by atoms with van der Waals surface area (Å²) in [6.45, 7) is 0. The number of aliphatic carboxylic acids is 1. The molecule has 0 aromatic heterocycles. The molecule has 0 fully saturated rings. The number of nitrogens with zero attached hydrogens (tertiary/aromatic N) is 1. The van der Waals surface area contributed by atoms with Gasteiger partial charge in [0.1, 0.15) is 0 Å². The molecule has 1 atom stereocenters. The van der Waals surface area contributed by atoms with Gasteiger partial charge in [-0.2, -0.15) is 0 Å². The molecular weight excluding hydrogens is 214 g/mol. The normalized spacial score (nSPS) is 11.9. The lowest BCUT2D eigenvalue weighted by Crippen LogP contribution is -2.22. The van der Waals surface area contributed by atoms with E-state index in [0.717, 1.165) is 5.56 Å². The van der Waals surface area contributed by atoms with Gasteiger partial charge in [0.2, 0.25) is 0 Å². The van der Waals surface area contributed by atoms with Crippen LogP contribution in [-0.2, 0) is 4.79 Å². The van der Waals surface area contributed by atoms with Crippen molar-refractivity contribution in [2.24, 2.45) is 0 Å². The molecule has 1 N–H and O–H groups in total. The molecule has 0 saturated heterocycles. The maximum Gasteiger partial charge on any atom is 0.305 e. The predicted octanol–water partition coefficient (Wildman–Crippen LogP) is 2.19. The molecule has 0 saturated carbocycles. The topological polar surface area (TPSA) is 40.5 Å². The summed E-state index contributed by atoms with van der Waals surface area (Å²) in [7, 11) is 3.78. The lowest BCUT2D eigenvalue weighted by Gasteiger charge is -2.22. The van der Waals surface area contributed by atoms with Gasteiger partial charge in [0.05, 0.1) is 6.42 Å². The van der Waals surface area contributed by atoms with Gasteiger partial charge >= 0.3 is 5.97 Å². The van der Waals surface area contributed by atoms with Gasteiger partial charge in [-0.3, -0.25) is 4.79 Å². The van der Waals surface area contributed by atoms with Crippen molar-refractivity contribution in [1.29, 1.82) is 0 Å². The minimum absolute atomic E-state index is 0. The molecule has 4 heteroatoms. The summed E-state index contributed by atoms with van der Waals surface area (Å²) in [5.41, 5.74) is 1.04. The second-order valence-corrected chi connectivity index (χ2v) is 3.49. The Morgan fingerprint density at radius 1 is 1.33 bits per heavy atom. The van der Waals surface area contributed by atoms with Gasteiger partial charge in [0.25, 0.3) is 0 Å². The molecule has 15 heavy (non-hydrogen) atoms. The molecule has 1 unspecified atom stereocenters. The van der Waals surface area contributed by atoms with Crippen LogP contribution in [0.15, 0.2) is 30.3 Å². The molecular formula is C11H16ClNO2. The summed E-state index contributed by atoms with van der Waals surface area (Å²) in [6.07, 6.45) is 0.136. The Balaban J connectivity index is 0.00000196. The van der Waals surface area contributed by atoms with Crippen LogP contribution in [0.25, 0.3) is 0 Å². The zero-order chi connectivity index (χ0) is 10.6. The second kappa shape index (κ2) is 6.43. The van der Waals surface area contributed by atoms with Crippen molar-refractivity contribution in [1.82, 2.24) is 4.90 Å². The summed E-state index contributed by atoms with van der Waals surface area (Å²) in [6, 6.07) is 9.63. The largest absolute Gasteiger partial charge is 0.481 e. The van der Waals surface area contributed by atoms with Gasteiger partial charge < -0.3 is 10.0 Å². The van der Waals surface area contributed by atoms with Gasteiger partial charge in [0.15, 0.2) is 0 Å². The zero-order valence-corrected chi connectivity index (χ0v) is 9.70. The van der Waals surface area contributed by atoms with Crippen LogP contribution in [-0.4, -0.2) is 30.1 Å². The first-order valence-corrected chi connectivity index (χ1v) is 4.54. The highest BCUT2D eigenvalue weighted by Gasteiger charge is 2.16. The van der Waals surface area contributed by atoms with Crippen LogP contribution in [0.4, 0.5) is 0 Å². The Kier molecular flexibility index (Phi) is 5.97. The average molecular weight is 230 g/mol. The second-order valence-electron chi connectivity index (χ2n) is 3.49. The van der Waals surface area contributed by atoms with E-state index in [0.29, 0.717) is 0 Å². The number of carboxylic acid groups (broad SMARTS) is 1. The van der Waals surface area contributed by atoms with Crippen molar-refractivity contribution in [2.75, 3.05) is 14.1 Å². The van der Waals surface area contributed by atoms with Gasteiger partial charge in [-0.15, -0.1) is 12.4 Å². The quantitative estimate of drug-likeness (QED) is 0.861. The summed E-state index contributed by atoms with van der Waals surface area (Å²) in [4.78, 5) is 12.6. The van der Waals surface area contributed by atoms with E-state index < -0.39 is 5.97 Å². The van der Waals surface area contributed by atoms with Gasteiger partial charge in [-0.05, 0) is 19.7 Å². The molecule has 1 aromatic rings. The summed E-state index contributed by atoms with van der Waals surface area (Å²) >= 11 is 0. The summed E-state index contributed by atoms with van der Waals surface area (Å²) in [5, 5.41) is 8.77. The van der Waals surface area contributed by atoms with Crippen LogP contribution in [0, 0.1) is 0 Å². The lowest BCUT2D eigenvalue weighted by atomic mass is 10.0. The van der Waals surface area contributed by atoms with Crippen LogP contribution in [0.2, 0.25) is 0 Å². The molecule has 0 spiro atoms. The molecule has 84 valence electrons. The fraction of sp³-hybridized carbons (Fsp3) is 0.364. The van der Waals surface area contributed by atoms with E-state index in [1.807, 2.05) is 49.3 Å². The molecule has 0 bridgehead atoms. The predicted molar refractivity (Wildman–Crippen MR) is 62.4 cm³/mol. The molecule has 0 aliphatic carbocycles. The van der Waals surface area contributed by atoms with Gasteiger partial charge in [-0.25, -0.2) is 0 Å². The Labute approximate surface area is 96.1 Å². The van der Waals surface area contributed by atoms with Crippen LogP contribution in [0.3, 0.4) is 0 Å². The minimum Gasteiger partial charge on any atom is -0.481 e. The third kappa shape index (κ3) is 4.32. The first-order valence-electron chi connectivity index (χ1n) is 4.54. The monoisotopic (exact) mass is 229 g/mol. The number of benzene rings is 1. The average Bonchev–Trinajstić information content (AvgIpc) is 2.15. The van der Waals surface area contributed by atoms with Gasteiger partial charge in [-0.1, -0.05) is 30.3 Å². The van der Waals surface area contributed by atoms with E-state index in [-0.39, 0.29) is 24.9 Å². The minimum atomic E-state index is -0.771. The van der Waals surface area contributed by atoms with E-state index in [2.05, 4.69) is 0 Å². The molecule has 1 rings (SSSR count). The maximum absolute atomic E-state index is 10.7. The molecule has 0 radical (unpaired) electrons. The smallest absolute Gasteiger partial charge is 0.305 e. The highest BCUT2D eigenvalue weighted by atomic mass is 35.5. The molecule has 0 aliphatic heterocycles. The van der Waals surface area contributed by atoms with E-state index in [9.17, 15) is 4.79 Å². The van der Waals surface area contributed by atoms with Gasteiger partial charge in [0, 0.05) is 6.04 Å². The van der Waals surface area contributed by atoms with E-state index in [1.165, 1.54) is 0 Å². The molecule has 0 heterocycles. The number of hydrogen-bond acceptors (Lipinski definition) is 2.